The Labute approximate surface area is 212 Å². The van der Waals surface area contributed by atoms with Crippen molar-refractivity contribution in [3.05, 3.63) is 64.2 Å². The van der Waals surface area contributed by atoms with Crippen LogP contribution in [-0.4, -0.2) is 66.2 Å². The number of rotatable bonds is 7. The lowest BCUT2D eigenvalue weighted by Crippen LogP contribution is -2.48. The predicted octanol–water partition coefficient (Wildman–Crippen LogP) is 3.09. The van der Waals surface area contributed by atoms with Gasteiger partial charge in [0.25, 0.3) is 0 Å². The second kappa shape index (κ2) is 9.49. The van der Waals surface area contributed by atoms with Gasteiger partial charge in [-0.2, -0.15) is 5.26 Å². The maximum atomic E-state index is 9.60. The number of nitriles is 1. The molecule has 0 spiro atoms. The van der Waals surface area contributed by atoms with Gasteiger partial charge in [0, 0.05) is 49.9 Å². The van der Waals surface area contributed by atoms with E-state index in [1.54, 1.807) is 6.07 Å². The fraction of sp³-hybridized carbons (Fsp3) is 0.500. The van der Waals surface area contributed by atoms with Crippen molar-refractivity contribution < 1.29 is 14.7 Å². The molecule has 2 aliphatic heterocycles. The normalized spacial score (nSPS) is 27.2. The Morgan fingerprint density at radius 2 is 2.06 bits per heavy atom. The van der Waals surface area contributed by atoms with Gasteiger partial charge in [-0.3, -0.25) is 9.80 Å². The van der Waals surface area contributed by atoms with Crippen LogP contribution in [0.25, 0.3) is 0 Å². The van der Waals surface area contributed by atoms with Crippen molar-refractivity contribution in [1.29, 1.82) is 5.26 Å². The number of piperazine rings is 1. The first-order valence-electron chi connectivity index (χ1n) is 13.0. The molecule has 6 rings (SSSR count). The van der Waals surface area contributed by atoms with Crippen LogP contribution >= 0.6 is 0 Å². The molecule has 0 bridgehead atoms. The highest BCUT2D eigenvalue weighted by Crippen LogP contribution is 2.64. The number of hydrogen-bond donors (Lipinski definition) is 2. The summed E-state index contributed by atoms with van der Waals surface area (Å²) >= 11 is 0. The first kappa shape index (κ1) is 23.4. The van der Waals surface area contributed by atoms with Gasteiger partial charge in [0.1, 0.15) is 11.8 Å². The molecule has 2 aromatic rings. The fourth-order valence-corrected chi connectivity index (χ4v) is 6.16. The topological polar surface area (TPSA) is 93.3 Å². The van der Waals surface area contributed by atoms with Crippen molar-refractivity contribution in [2.75, 3.05) is 39.3 Å². The van der Waals surface area contributed by atoms with Gasteiger partial charge in [-0.1, -0.05) is 24.3 Å². The monoisotopic (exact) mass is 487 g/mol. The average Bonchev–Trinajstić information content (AvgIpc) is 3.36. The Bertz CT molecular complexity index is 1210. The third kappa shape index (κ3) is 4.16. The number of nitrogens with one attached hydrogen (secondary N) is 1. The number of amidine groups is 1. The fourth-order valence-electron chi connectivity index (χ4n) is 6.16. The minimum Gasteiger partial charge on any atom is -0.490 e. The lowest BCUT2D eigenvalue weighted by atomic mass is 9.96. The summed E-state index contributed by atoms with van der Waals surface area (Å²) in [4.78, 5) is 15.7. The number of hydroxylamine groups is 1. The summed E-state index contributed by atoms with van der Waals surface area (Å²) < 4.78 is 5.76. The number of benzene rings is 2. The maximum Gasteiger partial charge on any atom is 0.202 e. The molecule has 36 heavy (non-hydrogen) atoms. The average molecular weight is 488 g/mol. The van der Waals surface area contributed by atoms with Crippen molar-refractivity contribution in [2.45, 2.75) is 44.6 Å². The first-order valence-corrected chi connectivity index (χ1v) is 13.0. The van der Waals surface area contributed by atoms with Gasteiger partial charge in [0.2, 0.25) is 6.23 Å². The summed E-state index contributed by atoms with van der Waals surface area (Å²) in [6.07, 6.45) is 0.714. The molecule has 2 aliphatic carbocycles. The molecule has 188 valence electrons. The zero-order chi connectivity index (χ0) is 24.8. The molecule has 4 unspecified atom stereocenters. The Morgan fingerprint density at radius 3 is 2.81 bits per heavy atom. The van der Waals surface area contributed by atoms with Crippen LogP contribution in [0.2, 0.25) is 0 Å². The van der Waals surface area contributed by atoms with Gasteiger partial charge in [-0.15, -0.1) is 0 Å². The van der Waals surface area contributed by atoms with Crippen LogP contribution in [0.1, 0.15) is 66.3 Å². The molecule has 8 nitrogen and oxygen atoms in total. The molecule has 2 aromatic carbocycles. The molecular weight excluding hydrogens is 454 g/mol. The number of ether oxygens (including phenoxy) is 1. The molecule has 4 atom stereocenters. The summed E-state index contributed by atoms with van der Waals surface area (Å²) in [6.45, 7) is 8.99. The summed E-state index contributed by atoms with van der Waals surface area (Å²) in [6, 6.07) is 14.8. The van der Waals surface area contributed by atoms with Crippen LogP contribution < -0.4 is 10.2 Å². The summed E-state index contributed by atoms with van der Waals surface area (Å²) in [7, 11) is 0. The largest absolute Gasteiger partial charge is 0.490 e. The van der Waals surface area contributed by atoms with E-state index in [4.69, 9.17) is 14.6 Å². The van der Waals surface area contributed by atoms with Crippen molar-refractivity contribution in [3.8, 4) is 11.8 Å². The van der Waals surface area contributed by atoms with Crippen LogP contribution in [-0.2, 0) is 4.84 Å². The number of aliphatic hydroxyl groups is 1. The summed E-state index contributed by atoms with van der Waals surface area (Å²) in [5, 5.41) is 18.9. The maximum absolute atomic E-state index is 9.60. The van der Waals surface area contributed by atoms with Gasteiger partial charge in [-0.25, -0.2) is 15.3 Å². The van der Waals surface area contributed by atoms with Crippen LogP contribution in [0.3, 0.4) is 0 Å². The highest BCUT2D eigenvalue weighted by atomic mass is 16.7. The van der Waals surface area contributed by atoms with E-state index in [0.717, 1.165) is 49.7 Å². The van der Waals surface area contributed by atoms with Crippen LogP contribution in [0.4, 0.5) is 0 Å². The molecule has 0 radical (unpaired) electrons. The molecule has 0 amide bonds. The van der Waals surface area contributed by atoms with Crippen LogP contribution in [0.15, 0.2) is 41.4 Å². The van der Waals surface area contributed by atoms with Crippen LogP contribution in [0, 0.1) is 17.2 Å². The van der Waals surface area contributed by atoms with E-state index >= 15 is 0 Å². The van der Waals surface area contributed by atoms with E-state index in [-0.39, 0.29) is 12.7 Å². The van der Waals surface area contributed by atoms with E-state index in [2.05, 4.69) is 39.5 Å². The third-order valence-corrected chi connectivity index (χ3v) is 7.83. The molecule has 1 saturated carbocycles. The number of nitrogens with zero attached hydrogens (tertiary/aromatic N) is 4. The Morgan fingerprint density at radius 1 is 1.22 bits per heavy atom. The molecule has 2 fully saturated rings. The van der Waals surface area contributed by atoms with E-state index in [9.17, 15) is 10.4 Å². The number of β-amino-alcohol motifs (C(OH)–C–C–N with tert-alkyl or cyclic N) is 1. The number of fused-ring (bicyclic) bond motifs is 3. The van der Waals surface area contributed by atoms with E-state index in [0.29, 0.717) is 29.2 Å². The van der Waals surface area contributed by atoms with Crippen molar-refractivity contribution in [2.24, 2.45) is 10.9 Å². The second-order valence-electron chi connectivity index (χ2n) is 10.4. The van der Waals surface area contributed by atoms with Crippen molar-refractivity contribution in [3.63, 3.8) is 0 Å². The lowest BCUT2D eigenvalue weighted by Gasteiger charge is -2.39. The smallest absolute Gasteiger partial charge is 0.202 e. The Balaban J connectivity index is 1.24. The van der Waals surface area contributed by atoms with Gasteiger partial charge < -0.3 is 9.84 Å². The third-order valence-electron chi connectivity index (χ3n) is 7.83. The number of aliphatic hydroxyl groups excluding tert-OH is 1. The zero-order valence-electron chi connectivity index (χ0n) is 20.9. The molecule has 2 heterocycles. The predicted molar refractivity (Wildman–Crippen MR) is 136 cm³/mol. The second-order valence-corrected chi connectivity index (χ2v) is 10.4. The van der Waals surface area contributed by atoms with Gasteiger partial charge in [0.15, 0.2) is 5.84 Å². The number of hydrogen-bond acceptors (Lipinski definition) is 8. The SMILES string of the molecule is CC(C)Oc1ccc(C2N=C(c3cccc4c3C3CC3C4N3CCN(CCO)CC3)NO2)cc1C#N. The van der Waals surface area contributed by atoms with Gasteiger partial charge in [-0.05, 0) is 55.4 Å². The highest BCUT2D eigenvalue weighted by molar-refractivity contribution is 6.01. The molecule has 1 saturated heterocycles. The minimum absolute atomic E-state index is 0.00311. The first-order chi connectivity index (χ1) is 17.6. The highest BCUT2D eigenvalue weighted by Gasteiger charge is 2.55. The lowest BCUT2D eigenvalue weighted by molar-refractivity contribution is 0.0376. The summed E-state index contributed by atoms with van der Waals surface area (Å²) in [5.41, 5.74) is 8.36. The standard InChI is InChI=1S/C28H33N5O3/c1-17(2)35-24-7-6-18(14-19(24)16-29)28-30-27(31-36-28)21-5-3-4-20-25(21)22-15-23(22)26(20)33-10-8-32(9-11-33)12-13-34/h3-7,14,17,22-23,26,28,34H,8-13,15H2,1-2H3,(H,30,31). The molecule has 4 aliphatic rings. The molecular formula is C28H33N5O3. The van der Waals surface area contributed by atoms with Gasteiger partial charge >= 0.3 is 0 Å². The van der Waals surface area contributed by atoms with Crippen molar-refractivity contribution in [1.82, 2.24) is 15.3 Å². The zero-order valence-corrected chi connectivity index (χ0v) is 20.9. The van der Waals surface area contributed by atoms with E-state index < -0.39 is 6.23 Å². The minimum atomic E-state index is -0.511. The molecule has 0 aromatic heterocycles. The van der Waals surface area contributed by atoms with E-state index in [1.165, 1.54) is 17.5 Å². The summed E-state index contributed by atoms with van der Waals surface area (Å²) in [5.74, 6) is 2.60. The molecule has 8 heteroatoms. The Kier molecular flexibility index (Phi) is 6.18. The molecule has 2 N–H and O–H groups in total. The van der Waals surface area contributed by atoms with Crippen LogP contribution in [0.5, 0.6) is 5.75 Å². The van der Waals surface area contributed by atoms with Gasteiger partial charge in [0.05, 0.1) is 18.3 Å². The van der Waals surface area contributed by atoms with Crippen molar-refractivity contribution >= 4 is 5.84 Å². The Hall–Kier alpha value is -2.96. The number of aliphatic imine (C=N–C) groups is 1. The van der Waals surface area contributed by atoms with E-state index in [1.807, 2.05) is 26.0 Å². The quantitative estimate of drug-likeness (QED) is 0.620.